The van der Waals surface area contributed by atoms with Crippen LogP contribution >= 0.6 is 0 Å². The first-order chi connectivity index (χ1) is 13.1. The van der Waals surface area contributed by atoms with Crippen molar-refractivity contribution in [3.63, 3.8) is 0 Å². The molecule has 0 unspecified atom stereocenters. The van der Waals surface area contributed by atoms with Crippen molar-refractivity contribution in [3.8, 4) is 0 Å². The normalized spacial score (nSPS) is 14.6. The van der Waals surface area contributed by atoms with Crippen LogP contribution in [-0.4, -0.2) is 29.9 Å². The highest BCUT2D eigenvalue weighted by Crippen LogP contribution is 2.18. The molecule has 5 nitrogen and oxygen atoms in total. The molecule has 1 aliphatic heterocycles. The maximum absolute atomic E-state index is 12.4. The number of aryl methyl sites for hydroxylation is 1. The van der Waals surface area contributed by atoms with Crippen LogP contribution in [0.25, 0.3) is 0 Å². The Labute approximate surface area is 160 Å². The van der Waals surface area contributed by atoms with Crippen molar-refractivity contribution in [1.82, 2.24) is 15.5 Å². The lowest BCUT2D eigenvalue weighted by Crippen LogP contribution is -2.46. The molecule has 2 aromatic carbocycles. The van der Waals surface area contributed by atoms with Gasteiger partial charge in [-0.1, -0.05) is 60.2 Å². The minimum absolute atomic E-state index is 0.0189. The van der Waals surface area contributed by atoms with Crippen LogP contribution in [0.2, 0.25) is 0 Å². The van der Waals surface area contributed by atoms with E-state index >= 15 is 0 Å². The average Bonchev–Trinajstić information content (AvgIpc) is 2.71. The molecule has 1 heterocycles. The Bertz CT molecular complexity index is 768. The lowest BCUT2D eigenvalue weighted by atomic mass is 9.96. The molecule has 3 rings (SSSR count). The Morgan fingerprint density at radius 3 is 2.30 bits per heavy atom. The smallest absolute Gasteiger partial charge is 0.317 e. The molecule has 0 aliphatic carbocycles. The quantitative estimate of drug-likeness (QED) is 0.855. The zero-order chi connectivity index (χ0) is 19.1. The Hall–Kier alpha value is -2.82. The molecule has 0 radical (unpaired) electrons. The van der Waals surface area contributed by atoms with Crippen molar-refractivity contribution in [2.45, 2.75) is 32.9 Å². The number of urea groups is 1. The fourth-order valence-electron chi connectivity index (χ4n) is 3.39. The summed E-state index contributed by atoms with van der Waals surface area (Å²) in [5.41, 5.74) is 3.38. The lowest BCUT2D eigenvalue weighted by molar-refractivity contribution is -0.126. The van der Waals surface area contributed by atoms with Gasteiger partial charge in [-0.3, -0.25) is 4.79 Å². The van der Waals surface area contributed by atoms with Gasteiger partial charge >= 0.3 is 6.03 Å². The van der Waals surface area contributed by atoms with E-state index in [1.54, 1.807) is 4.90 Å². The molecule has 1 saturated heterocycles. The molecule has 0 atom stereocenters. The highest BCUT2D eigenvalue weighted by Gasteiger charge is 2.27. The van der Waals surface area contributed by atoms with E-state index in [0.29, 0.717) is 39.0 Å². The minimum Gasteiger partial charge on any atom is -0.352 e. The van der Waals surface area contributed by atoms with Crippen LogP contribution in [0.15, 0.2) is 54.6 Å². The molecule has 0 saturated carbocycles. The number of nitrogens with zero attached hydrogens (tertiary/aromatic N) is 1. The van der Waals surface area contributed by atoms with Gasteiger partial charge < -0.3 is 15.5 Å². The van der Waals surface area contributed by atoms with E-state index in [2.05, 4.69) is 16.7 Å². The first-order valence-electron chi connectivity index (χ1n) is 9.52. The van der Waals surface area contributed by atoms with Gasteiger partial charge in [0.25, 0.3) is 0 Å². The van der Waals surface area contributed by atoms with Crippen molar-refractivity contribution >= 4 is 11.9 Å². The zero-order valence-electron chi connectivity index (χ0n) is 15.8. The third kappa shape index (κ3) is 5.58. The molecule has 3 amide bonds. The van der Waals surface area contributed by atoms with Gasteiger partial charge in [-0.15, -0.1) is 0 Å². The topological polar surface area (TPSA) is 61.4 Å². The highest BCUT2D eigenvalue weighted by atomic mass is 16.2. The number of hydrogen-bond acceptors (Lipinski definition) is 2. The summed E-state index contributed by atoms with van der Waals surface area (Å²) in [6.45, 7) is 4.35. The average molecular weight is 365 g/mol. The molecule has 1 aliphatic rings. The predicted octanol–water partition coefficient (Wildman–Crippen LogP) is 3.23. The van der Waals surface area contributed by atoms with Crippen LogP contribution in [0.3, 0.4) is 0 Å². The van der Waals surface area contributed by atoms with Crippen molar-refractivity contribution in [3.05, 3.63) is 71.3 Å². The van der Waals surface area contributed by atoms with Crippen molar-refractivity contribution in [2.24, 2.45) is 5.92 Å². The monoisotopic (exact) mass is 365 g/mol. The Kier molecular flexibility index (Phi) is 6.47. The summed E-state index contributed by atoms with van der Waals surface area (Å²) >= 11 is 0. The third-order valence-corrected chi connectivity index (χ3v) is 4.99. The van der Waals surface area contributed by atoms with Crippen LogP contribution < -0.4 is 10.6 Å². The molecule has 0 spiro atoms. The van der Waals surface area contributed by atoms with Crippen molar-refractivity contribution < 1.29 is 9.59 Å². The molecule has 0 aromatic heterocycles. The van der Waals surface area contributed by atoms with Crippen LogP contribution in [0.5, 0.6) is 0 Å². The van der Waals surface area contributed by atoms with Crippen molar-refractivity contribution in [1.29, 1.82) is 0 Å². The number of carbonyl (C=O) groups excluding carboxylic acids is 2. The standard InChI is InChI=1S/C22H27N3O2/c1-17-6-5-9-19(14-17)16-24-22(27)25-12-10-20(11-13-25)21(26)23-15-18-7-3-2-4-8-18/h2-9,14,20H,10-13,15-16H2,1H3,(H,23,26)(H,24,27). The molecule has 27 heavy (non-hydrogen) atoms. The van der Waals surface area contributed by atoms with E-state index in [4.69, 9.17) is 0 Å². The molecular formula is C22H27N3O2. The van der Waals surface area contributed by atoms with Crippen LogP contribution in [0.1, 0.15) is 29.5 Å². The number of nitrogens with one attached hydrogen (secondary N) is 2. The van der Waals surface area contributed by atoms with Gasteiger partial charge in [0.05, 0.1) is 0 Å². The molecule has 0 bridgehead atoms. The number of rotatable bonds is 5. The highest BCUT2D eigenvalue weighted by molar-refractivity contribution is 5.79. The maximum Gasteiger partial charge on any atom is 0.317 e. The first-order valence-corrected chi connectivity index (χ1v) is 9.52. The Morgan fingerprint density at radius 2 is 1.59 bits per heavy atom. The first kappa shape index (κ1) is 19.0. The van der Waals surface area contributed by atoms with Crippen LogP contribution in [0.4, 0.5) is 4.79 Å². The Morgan fingerprint density at radius 1 is 0.926 bits per heavy atom. The van der Waals surface area contributed by atoms with Gasteiger partial charge in [0, 0.05) is 32.1 Å². The molecule has 2 aromatic rings. The fourth-order valence-corrected chi connectivity index (χ4v) is 3.39. The summed E-state index contributed by atoms with van der Waals surface area (Å²) in [6.07, 6.45) is 1.41. The van der Waals surface area contributed by atoms with E-state index in [1.165, 1.54) is 5.56 Å². The van der Waals surface area contributed by atoms with E-state index in [9.17, 15) is 9.59 Å². The van der Waals surface area contributed by atoms with Gasteiger partial charge in [-0.25, -0.2) is 4.79 Å². The molecule has 1 fully saturated rings. The molecule has 5 heteroatoms. The fraction of sp³-hybridized carbons (Fsp3) is 0.364. The number of benzene rings is 2. The van der Waals surface area contributed by atoms with Gasteiger partial charge in [-0.2, -0.15) is 0 Å². The minimum atomic E-state index is -0.0559. The van der Waals surface area contributed by atoms with E-state index in [-0.39, 0.29) is 17.9 Å². The maximum atomic E-state index is 12.4. The van der Waals surface area contributed by atoms with Gasteiger partial charge in [0.1, 0.15) is 0 Å². The van der Waals surface area contributed by atoms with Gasteiger partial charge in [0.2, 0.25) is 5.91 Å². The molecule has 142 valence electrons. The van der Waals surface area contributed by atoms with Crippen molar-refractivity contribution in [2.75, 3.05) is 13.1 Å². The number of hydrogen-bond donors (Lipinski definition) is 2. The third-order valence-electron chi connectivity index (χ3n) is 4.99. The summed E-state index contributed by atoms with van der Waals surface area (Å²) in [4.78, 5) is 26.5. The largest absolute Gasteiger partial charge is 0.352 e. The predicted molar refractivity (Wildman–Crippen MR) is 106 cm³/mol. The summed E-state index contributed by atoms with van der Waals surface area (Å²) in [6, 6.07) is 18.0. The SMILES string of the molecule is Cc1cccc(CNC(=O)N2CCC(C(=O)NCc3ccccc3)CC2)c1. The van der Waals surface area contributed by atoms with Crippen LogP contribution in [-0.2, 0) is 17.9 Å². The van der Waals surface area contributed by atoms with Gasteiger partial charge in [0.15, 0.2) is 0 Å². The molecule has 2 N–H and O–H groups in total. The summed E-state index contributed by atoms with van der Waals surface area (Å²) in [7, 11) is 0. The number of likely N-dealkylation sites (tertiary alicyclic amines) is 1. The lowest BCUT2D eigenvalue weighted by Gasteiger charge is -2.31. The Balaban J connectivity index is 1.40. The number of piperidine rings is 1. The summed E-state index contributed by atoms with van der Waals surface area (Å²) in [5.74, 6) is 0.0632. The second kappa shape index (κ2) is 9.21. The van der Waals surface area contributed by atoms with E-state index in [1.807, 2.05) is 55.5 Å². The number of amides is 3. The summed E-state index contributed by atoms with van der Waals surface area (Å²) in [5, 5.41) is 5.98. The second-order valence-corrected chi connectivity index (χ2v) is 7.11. The van der Waals surface area contributed by atoms with Crippen LogP contribution in [0, 0.1) is 12.8 Å². The van der Waals surface area contributed by atoms with E-state index in [0.717, 1.165) is 11.1 Å². The second-order valence-electron chi connectivity index (χ2n) is 7.11. The number of carbonyl (C=O) groups is 2. The molecular weight excluding hydrogens is 338 g/mol. The van der Waals surface area contributed by atoms with Gasteiger partial charge in [-0.05, 0) is 30.9 Å². The zero-order valence-corrected chi connectivity index (χ0v) is 15.8. The summed E-state index contributed by atoms with van der Waals surface area (Å²) < 4.78 is 0. The van der Waals surface area contributed by atoms with E-state index < -0.39 is 0 Å².